The molecule has 0 radical (unpaired) electrons. The van der Waals surface area contributed by atoms with Crippen LogP contribution in [0.15, 0.2) is 35.3 Å². The first-order chi connectivity index (χ1) is 13.6. The molecule has 1 aliphatic heterocycles. The van der Waals surface area contributed by atoms with Crippen molar-refractivity contribution in [2.45, 2.75) is 13.8 Å². The molecule has 0 spiro atoms. The van der Waals surface area contributed by atoms with Crippen molar-refractivity contribution in [1.82, 2.24) is 34.5 Å². The molecular weight excluding hydrogens is 356 g/mol. The van der Waals surface area contributed by atoms with Crippen molar-refractivity contribution in [1.29, 1.82) is 0 Å². The molecule has 1 N–H and O–H groups in total. The molecule has 0 bridgehead atoms. The quantitative estimate of drug-likeness (QED) is 0.554. The zero-order valence-corrected chi connectivity index (χ0v) is 15.8. The highest BCUT2D eigenvalue weighted by Gasteiger charge is 2.15. The molecule has 1 saturated heterocycles. The lowest BCUT2D eigenvalue weighted by molar-refractivity contribution is 0.581. The highest BCUT2D eigenvalue weighted by atomic mass is 16.1. The smallest absolute Gasteiger partial charge is 0.275 e. The Bertz CT molecular complexity index is 1250. The van der Waals surface area contributed by atoms with Crippen molar-refractivity contribution >= 4 is 17.0 Å². The van der Waals surface area contributed by atoms with Crippen molar-refractivity contribution in [2.75, 3.05) is 31.1 Å². The van der Waals surface area contributed by atoms with Gasteiger partial charge in [0.2, 0.25) is 0 Å². The molecule has 0 aliphatic carbocycles. The first-order valence-electron chi connectivity index (χ1n) is 9.29. The first-order valence-corrected chi connectivity index (χ1v) is 9.29. The number of aromatic nitrogens is 6. The van der Waals surface area contributed by atoms with Gasteiger partial charge in [-0.05, 0) is 32.0 Å². The predicted molar refractivity (Wildman–Crippen MR) is 106 cm³/mol. The zero-order valence-electron chi connectivity index (χ0n) is 15.8. The maximum absolute atomic E-state index is 12.7. The first kappa shape index (κ1) is 16.8. The molecule has 0 saturated carbocycles. The number of nitrogens with one attached hydrogen (secondary N) is 1. The third kappa shape index (κ3) is 2.80. The van der Waals surface area contributed by atoms with E-state index in [1.54, 1.807) is 4.52 Å². The summed E-state index contributed by atoms with van der Waals surface area (Å²) >= 11 is 0. The van der Waals surface area contributed by atoms with E-state index in [0.29, 0.717) is 17.0 Å². The van der Waals surface area contributed by atoms with Crippen LogP contribution in [0.5, 0.6) is 0 Å². The maximum Gasteiger partial charge on any atom is 0.275 e. The summed E-state index contributed by atoms with van der Waals surface area (Å²) in [6.45, 7) is 7.43. The van der Waals surface area contributed by atoms with Gasteiger partial charge >= 0.3 is 0 Å². The molecule has 4 aromatic rings. The normalized spacial score (nSPS) is 14.9. The molecule has 9 heteroatoms. The second-order valence-electron chi connectivity index (χ2n) is 7.01. The Morgan fingerprint density at radius 2 is 1.82 bits per heavy atom. The second-order valence-corrected chi connectivity index (χ2v) is 7.01. The maximum atomic E-state index is 12.7. The van der Waals surface area contributed by atoms with E-state index in [0.717, 1.165) is 48.9 Å². The average Bonchev–Trinajstić information content (AvgIpc) is 3.13. The molecule has 28 heavy (non-hydrogen) atoms. The third-order valence-electron chi connectivity index (χ3n) is 4.97. The molecule has 0 atom stereocenters. The van der Waals surface area contributed by atoms with Gasteiger partial charge in [-0.25, -0.2) is 9.50 Å². The second kappa shape index (κ2) is 6.38. The van der Waals surface area contributed by atoms with Gasteiger partial charge in [0.05, 0.1) is 28.8 Å². The summed E-state index contributed by atoms with van der Waals surface area (Å²) in [5.41, 5.74) is 4.12. The lowest BCUT2D eigenvalue weighted by atomic mass is 10.2. The van der Waals surface area contributed by atoms with E-state index >= 15 is 0 Å². The number of hydrogen-bond donors (Lipinski definition) is 1. The molecule has 4 aromatic heterocycles. The molecule has 0 aromatic carbocycles. The Balaban J connectivity index is 1.60. The molecule has 1 fully saturated rings. The number of fused-ring (bicyclic) bond motifs is 2. The summed E-state index contributed by atoms with van der Waals surface area (Å²) in [6.07, 6.45) is 1.86. The molecule has 142 valence electrons. The third-order valence-corrected chi connectivity index (χ3v) is 4.97. The van der Waals surface area contributed by atoms with Gasteiger partial charge < -0.3 is 10.2 Å². The Morgan fingerprint density at radius 1 is 1.00 bits per heavy atom. The summed E-state index contributed by atoms with van der Waals surface area (Å²) in [4.78, 5) is 24.0. The van der Waals surface area contributed by atoms with Crippen LogP contribution in [0.2, 0.25) is 0 Å². The number of piperazine rings is 1. The van der Waals surface area contributed by atoms with Crippen LogP contribution in [-0.4, -0.2) is 55.4 Å². The minimum absolute atomic E-state index is 0.222. The van der Waals surface area contributed by atoms with Gasteiger partial charge in [-0.15, -0.1) is 5.10 Å². The van der Waals surface area contributed by atoms with E-state index in [1.165, 1.54) is 10.6 Å². The van der Waals surface area contributed by atoms with Crippen LogP contribution < -0.4 is 15.8 Å². The van der Waals surface area contributed by atoms with Crippen LogP contribution in [0.1, 0.15) is 11.4 Å². The number of rotatable bonds is 2. The molecule has 9 nitrogen and oxygen atoms in total. The Hall–Kier alpha value is -3.33. The highest BCUT2D eigenvalue weighted by molar-refractivity contribution is 5.66. The average molecular weight is 376 g/mol. The monoisotopic (exact) mass is 376 g/mol. The van der Waals surface area contributed by atoms with Gasteiger partial charge in [-0.2, -0.15) is 9.61 Å². The minimum Gasteiger partial charge on any atom is -0.353 e. The van der Waals surface area contributed by atoms with E-state index in [1.807, 2.05) is 38.2 Å². The van der Waals surface area contributed by atoms with Crippen LogP contribution in [0.4, 0.5) is 5.82 Å². The van der Waals surface area contributed by atoms with Gasteiger partial charge in [0, 0.05) is 32.2 Å². The SMILES string of the molecule is Cc1cn2nc(-c3cc(=O)n4nc(N5CCNCC5)ccc4n3)cc2c(C)n1. The van der Waals surface area contributed by atoms with E-state index < -0.39 is 0 Å². The van der Waals surface area contributed by atoms with Crippen LogP contribution in [0, 0.1) is 13.8 Å². The van der Waals surface area contributed by atoms with Crippen LogP contribution >= 0.6 is 0 Å². The lowest BCUT2D eigenvalue weighted by Crippen LogP contribution is -2.44. The summed E-state index contributed by atoms with van der Waals surface area (Å²) < 4.78 is 3.13. The largest absolute Gasteiger partial charge is 0.353 e. The van der Waals surface area contributed by atoms with E-state index in [9.17, 15) is 4.79 Å². The fourth-order valence-electron chi connectivity index (χ4n) is 3.60. The standard InChI is InChI=1S/C19H20N8O/c1-12-11-26-16(13(2)21-12)9-15(23-26)14-10-19(28)27-17(22-14)3-4-18(24-27)25-7-5-20-6-8-25/h3-4,9-11,20H,5-8H2,1-2H3. The van der Waals surface area contributed by atoms with E-state index in [2.05, 4.69) is 30.4 Å². The van der Waals surface area contributed by atoms with Gasteiger partial charge in [0.1, 0.15) is 11.5 Å². The van der Waals surface area contributed by atoms with Gasteiger partial charge in [-0.1, -0.05) is 0 Å². The summed E-state index contributed by atoms with van der Waals surface area (Å²) in [5.74, 6) is 0.788. The van der Waals surface area contributed by atoms with Crippen molar-refractivity contribution in [3.05, 3.63) is 52.2 Å². The Kier molecular flexibility index (Phi) is 3.83. The number of aryl methyl sites for hydroxylation is 2. The van der Waals surface area contributed by atoms with E-state index in [4.69, 9.17) is 0 Å². The van der Waals surface area contributed by atoms with Crippen molar-refractivity contribution < 1.29 is 0 Å². The van der Waals surface area contributed by atoms with Crippen molar-refractivity contribution in [2.24, 2.45) is 0 Å². The molecule has 0 unspecified atom stereocenters. The fraction of sp³-hybridized carbons (Fsp3) is 0.316. The molecule has 0 amide bonds. The molecule has 1 aliphatic rings. The van der Waals surface area contributed by atoms with Crippen molar-refractivity contribution in [3.8, 4) is 11.4 Å². The topological polar surface area (TPSA) is 92.7 Å². The van der Waals surface area contributed by atoms with Crippen molar-refractivity contribution in [3.63, 3.8) is 0 Å². The van der Waals surface area contributed by atoms with Gasteiger partial charge in [0.15, 0.2) is 5.65 Å². The van der Waals surface area contributed by atoms with Crippen LogP contribution in [-0.2, 0) is 0 Å². The highest BCUT2D eigenvalue weighted by Crippen LogP contribution is 2.20. The summed E-state index contributed by atoms with van der Waals surface area (Å²) in [5, 5.41) is 12.4. The van der Waals surface area contributed by atoms with Crippen LogP contribution in [0.25, 0.3) is 22.6 Å². The predicted octanol–water partition coefficient (Wildman–Crippen LogP) is 0.826. The Morgan fingerprint density at radius 3 is 2.64 bits per heavy atom. The number of nitrogens with zero attached hydrogens (tertiary/aromatic N) is 7. The Labute approximate surface area is 160 Å². The summed E-state index contributed by atoms with van der Waals surface area (Å²) in [7, 11) is 0. The fourth-order valence-corrected chi connectivity index (χ4v) is 3.60. The van der Waals surface area contributed by atoms with Crippen LogP contribution in [0.3, 0.4) is 0 Å². The molecule has 5 rings (SSSR count). The van der Waals surface area contributed by atoms with E-state index in [-0.39, 0.29) is 5.56 Å². The zero-order chi connectivity index (χ0) is 19.3. The van der Waals surface area contributed by atoms with Gasteiger partial charge in [-0.3, -0.25) is 9.78 Å². The minimum atomic E-state index is -0.222. The summed E-state index contributed by atoms with van der Waals surface area (Å²) in [6, 6.07) is 7.14. The molecular formula is C19H20N8O. The number of hydrogen-bond acceptors (Lipinski definition) is 7. The lowest BCUT2D eigenvalue weighted by Gasteiger charge is -2.28. The van der Waals surface area contributed by atoms with Gasteiger partial charge in [0.25, 0.3) is 5.56 Å². The molecule has 5 heterocycles. The number of anilines is 1.